The second kappa shape index (κ2) is 14.1. The minimum Gasteiger partial charge on any atom is -0.462 e. The third-order valence-electron chi connectivity index (χ3n) is 3.09. The Morgan fingerprint density at radius 2 is 1.65 bits per heavy atom. The Labute approximate surface area is 143 Å². The van der Waals surface area contributed by atoms with Crippen LogP contribution < -0.4 is 5.32 Å². The molecule has 23 heavy (non-hydrogen) atoms. The van der Waals surface area contributed by atoms with Crippen molar-refractivity contribution in [3.63, 3.8) is 0 Å². The molecular formula is C17H27NO4S. The van der Waals surface area contributed by atoms with Gasteiger partial charge in [0.25, 0.3) is 0 Å². The number of carbonyl (C=O) groups excluding carboxylic acids is 3. The van der Waals surface area contributed by atoms with Gasteiger partial charge in [0.2, 0.25) is 5.91 Å². The summed E-state index contributed by atoms with van der Waals surface area (Å²) in [4.78, 5) is 34.3. The lowest BCUT2D eigenvalue weighted by Crippen LogP contribution is -2.22. The monoisotopic (exact) mass is 341 g/mol. The third-order valence-corrected chi connectivity index (χ3v) is 3.40. The zero-order chi connectivity index (χ0) is 17.5. The van der Waals surface area contributed by atoms with Crippen LogP contribution in [0.4, 0.5) is 0 Å². The molecule has 0 atom stereocenters. The number of thiocarbonyl (C=S) groups is 1. The molecule has 0 bridgehead atoms. The highest BCUT2D eigenvalue weighted by molar-refractivity contribution is 7.82. The topological polar surface area (TPSA) is 72.5 Å². The van der Waals surface area contributed by atoms with E-state index in [-0.39, 0.29) is 23.8 Å². The summed E-state index contributed by atoms with van der Waals surface area (Å²) in [5, 5.41) is 2.72. The molecule has 0 fully saturated rings. The minimum absolute atomic E-state index is 0.0750. The molecule has 6 heteroatoms. The Morgan fingerprint density at radius 3 is 2.30 bits per heavy atom. The van der Waals surface area contributed by atoms with E-state index in [4.69, 9.17) is 17.0 Å². The van der Waals surface area contributed by atoms with Gasteiger partial charge in [-0.2, -0.15) is 0 Å². The van der Waals surface area contributed by atoms with Crippen molar-refractivity contribution in [2.75, 3.05) is 13.2 Å². The Hall–Kier alpha value is -1.56. The maximum absolute atomic E-state index is 11.6. The first-order valence-electron chi connectivity index (χ1n) is 8.19. The maximum Gasteiger partial charge on any atom is 0.345 e. The molecule has 0 aliphatic heterocycles. The summed E-state index contributed by atoms with van der Waals surface area (Å²) in [5.74, 6) is -1.36. The number of hydrogen-bond acceptors (Lipinski definition) is 5. The van der Waals surface area contributed by atoms with Crippen LogP contribution in [0.3, 0.4) is 0 Å². The Kier molecular flexibility index (Phi) is 13.1. The Morgan fingerprint density at radius 1 is 1.00 bits per heavy atom. The van der Waals surface area contributed by atoms with Crippen molar-refractivity contribution in [3.05, 3.63) is 12.2 Å². The van der Waals surface area contributed by atoms with E-state index in [2.05, 4.69) is 12.2 Å². The number of unbranched alkanes of at least 4 members (excludes halogenated alkanes) is 5. The second-order valence-electron chi connectivity index (χ2n) is 5.18. The Balaban J connectivity index is 3.83. The largest absolute Gasteiger partial charge is 0.462 e. The highest BCUT2D eigenvalue weighted by atomic mass is 32.1. The summed E-state index contributed by atoms with van der Waals surface area (Å²) < 4.78 is 4.69. The average molecular weight is 341 g/mol. The number of amides is 1. The molecular weight excluding hydrogens is 314 g/mol. The fourth-order valence-corrected chi connectivity index (χ4v) is 2.05. The average Bonchev–Trinajstić information content (AvgIpc) is 2.52. The molecule has 130 valence electrons. The fraction of sp³-hybridized carbons (Fsp3) is 0.647. The van der Waals surface area contributed by atoms with E-state index in [1.165, 1.54) is 31.8 Å². The van der Waals surface area contributed by atoms with Crippen LogP contribution >= 0.6 is 12.2 Å². The summed E-state index contributed by atoms with van der Waals surface area (Å²) >= 11 is 4.80. The summed E-state index contributed by atoms with van der Waals surface area (Å²) in [7, 11) is 0. The molecule has 0 radical (unpaired) electrons. The molecule has 0 saturated carbocycles. The van der Waals surface area contributed by atoms with Gasteiger partial charge >= 0.3 is 5.97 Å². The van der Waals surface area contributed by atoms with Gasteiger partial charge < -0.3 is 10.1 Å². The molecule has 0 heterocycles. The van der Waals surface area contributed by atoms with Gasteiger partial charge in [0.15, 0.2) is 5.78 Å². The van der Waals surface area contributed by atoms with Gasteiger partial charge in [-0.05, 0) is 19.4 Å². The smallest absolute Gasteiger partial charge is 0.345 e. The van der Waals surface area contributed by atoms with Gasteiger partial charge in [0.1, 0.15) is 4.86 Å². The minimum atomic E-state index is -0.656. The molecule has 0 rings (SSSR count). The summed E-state index contributed by atoms with van der Waals surface area (Å²) in [6.45, 7) is 4.65. The van der Waals surface area contributed by atoms with E-state index in [9.17, 15) is 14.4 Å². The Bertz CT molecular complexity index is 432. The first kappa shape index (κ1) is 21.4. The fourth-order valence-electron chi connectivity index (χ4n) is 1.85. The number of ketones is 1. The van der Waals surface area contributed by atoms with Gasteiger partial charge in [-0.15, -0.1) is 0 Å². The van der Waals surface area contributed by atoms with Crippen molar-refractivity contribution >= 4 is 34.7 Å². The standard InChI is InChI=1S/C17H27NO4S/c1-3-5-6-7-8-9-12-18-16(20)11-10-14(19)13-15(23)17(21)22-4-2/h10-11H,3-9,12-13H2,1-2H3,(H,18,20). The molecule has 1 N–H and O–H groups in total. The van der Waals surface area contributed by atoms with Crippen LogP contribution in [0.25, 0.3) is 0 Å². The second-order valence-corrected chi connectivity index (χ2v) is 5.67. The van der Waals surface area contributed by atoms with Gasteiger partial charge in [-0.25, -0.2) is 4.79 Å². The molecule has 0 aromatic heterocycles. The van der Waals surface area contributed by atoms with E-state index in [0.717, 1.165) is 18.9 Å². The summed E-state index contributed by atoms with van der Waals surface area (Å²) in [5.41, 5.74) is 0. The SMILES string of the molecule is CCCCCCCCNC(=O)C=CC(=O)CC(=S)C(=O)OCC. The molecule has 5 nitrogen and oxygen atoms in total. The first-order chi connectivity index (χ1) is 11.0. The van der Waals surface area contributed by atoms with Gasteiger partial charge in [-0.1, -0.05) is 51.2 Å². The quantitative estimate of drug-likeness (QED) is 0.241. The summed E-state index contributed by atoms with van der Waals surface area (Å²) in [6.07, 6.45) is 9.02. The van der Waals surface area contributed by atoms with Crippen LogP contribution in [-0.4, -0.2) is 35.7 Å². The number of carbonyl (C=O) groups is 3. The van der Waals surface area contributed by atoms with Crippen molar-refractivity contribution in [3.8, 4) is 0 Å². The number of rotatable bonds is 13. The molecule has 0 aromatic rings. The maximum atomic E-state index is 11.6. The number of hydrogen-bond donors (Lipinski definition) is 1. The third kappa shape index (κ3) is 12.6. The lowest BCUT2D eigenvalue weighted by molar-refractivity contribution is -0.135. The first-order valence-corrected chi connectivity index (χ1v) is 8.60. The highest BCUT2D eigenvalue weighted by Gasteiger charge is 2.13. The predicted octanol–water partition coefficient (Wildman–Crippen LogP) is 2.91. The van der Waals surface area contributed by atoms with Crippen LogP contribution in [0.15, 0.2) is 12.2 Å². The van der Waals surface area contributed by atoms with Gasteiger partial charge in [0, 0.05) is 12.6 Å². The van der Waals surface area contributed by atoms with Crippen molar-refractivity contribution in [1.29, 1.82) is 0 Å². The zero-order valence-corrected chi connectivity index (χ0v) is 14.9. The van der Waals surface area contributed by atoms with Gasteiger partial charge in [-0.3, -0.25) is 9.59 Å². The zero-order valence-electron chi connectivity index (χ0n) is 14.1. The molecule has 0 aliphatic rings. The van der Waals surface area contributed by atoms with Crippen molar-refractivity contribution in [1.82, 2.24) is 5.32 Å². The van der Waals surface area contributed by atoms with E-state index in [0.29, 0.717) is 6.54 Å². The van der Waals surface area contributed by atoms with Crippen molar-refractivity contribution in [2.24, 2.45) is 0 Å². The van der Waals surface area contributed by atoms with Crippen molar-refractivity contribution in [2.45, 2.75) is 58.8 Å². The van der Waals surface area contributed by atoms with Gasteiger partial charge in [0.05, 0.1) is 13.0 Å². The normalized spacial score (nSPS) is 10.5. The van der Waals surface area contributed by atoms with Crippen molar-refractivity contribution < 1.29 is 19.1 Å². The van der Waals surface area contributed by atoms with E-state index in [1.54, 1.807) is 6.92 Å². The van der Waals surface area contributed by atoms with E-state index < -0.39 is 11.8 Å². The molecule has 0 aromatic carbocycles. The predicted molar refractivity (Wildman–Crippen MR) is 94.4 cm³/mol. The van der Waals surface area contributed by atoms with Crippen LogP contribution in [0, 0.1) is 0 Å². The number of ether oxygens (including phenoxy) is 1. The van der Waals surface area contributed by atoms with Crippen LogP contribution in [0.2, 0.25) is 0 Å². The molecule has 0 unspecified atom stereocenters. The summed E-state index contributed by atoms with van der Waals surface area (Å²) in [6, 6.07) is 0. The van der Waals surface area contributed by atoms with Crippen LogP contribution in [0.1, 0.15) is 58.8 Å². The lowest BCUT2D eigenvalue weighted by atomic mass is 10.1. The number of allylic oxidation sites excluding steroid dienone is 1. The van der Waals surface area contributed by atoms with Crippen LogP contribution in [0.5, 0.6) is 0 Å². The number of esters is 1. The molecule has 1 amide bonds. The lowest BCUT2D eigenvalue weighted by Gasteiger charge is -2.02. The molecule has 0 saturated heterocycles. The molecule has 0 aliphatic carbocycles. The van der Waals surface area contributed by atoms with E-state index >= 15 is 0 Å². The molecule has 0 spiro atoms. The highest BCUT2D eigenvalue weighted by Crippen LogP contribution is 2.04. The van der Waals surface area contributed by atoms with Crippen LogP contribution in [-0.2, 0) is 19.1 Å². The number of nitrogens with one attached hydrogen (secondary N) is 1. The van der Waals surface area contributed by atoms with E-state index in [1.807, 2.05) is 0 Å².